The standard InChI is InChI=1S/C17H22N2S/c1-2-8-18-16(12-17-19-9-10-20-17)15-11-14(15)13-6-4-3-5-7-13/h3-7,9-10,14-16,18H,2,8,11-12H2,1H3. The van der Waals surface area contributed by atoms with Gasteiger partial charge in [-0.25, -0.2) is 4.98 Å². The zero-order valence-electron chi connectivity index (χ0n) is 12.0. The highest BCUT2D eigenvalue weighted by atomic mass is 32.1. The zero-order valence-corrected chi connectivity index (χ0v) is 12.8. The molecule has 3 unspecified atom stereocenters. The molecule has 0 bridgehead atoms. The Morgan fingerprint density at radius 3 is 2.90 bits per heavy atom. The Morgan fingerprint density at radius 1 is 1.35 bits per heavy atom. The smallest absolute Gasteiger partial charge is 0.0940 e. The summed E-state index contributed by atoms with van der Waals surface area (Å²) in [6.07, 6.45) is 5.50. The molecular formula is C17H22N2S. The Morgan fingerprint density at radius 2 is 2.20 bits per heavy atom. The first-order valence-corrected chi connectivity index (χ1v) is 8.43. The van der Waals surface area contributed by atoms with Gasteiger partial charge in [0, 0.05) is 24.0 Å². The SMILES string of the molecule is CCCNC(Cc1nccs1)C1CC1c1ccccc1. The van der Waals surface area contributed by atoms with Gasteiger partial charge >= 0.3 is 0 Å². The second-order valence-corrected chi connectivity index (χ2v) is 6.59. The van der Waals surface area contributed by atoms with Gasteiger partial charge in [0.15, 0.2) is 0 Å². The summed E-state index contributed by atoms with van der Waals surface area (Å²) in [6.45, 7) is 3.34. The molecule has 106 valence electrons. The van der Waals surface area contributed by atoms with Gasteiger partial charge in [-0.2, -0.15) is 0 Å². The molecule has 2 aromatic rings. The third-order valence-electron chi connectivity index (χ3n) is 4.12. The monoisotopic (exact) mass is 286 g/mol. The lowest BCUT2D eigenvalue weighted by Gasteiger charge is -2.17. The average Bonchev–Trinajstić information content (AvgIpc) is 3.13. The number of benzene rings is 1. The van der Waals surface area contributed by atoms with Crippen LogP contribution in [0.3, 0.4) is 0 Å². The van der Waals surface area contributed by atoms with Gasteiger partial charge in [0.1, 0.15) is 0 Å². The third kappa shape index (κ3) is 3.28. The predicted octanol–water partition coefficient (Wildman–Crippen LogP) is 3.86. The van der Waals surface area contributed by atoms with Crippen molar-refractivity contribution in [2.24, 2.45) is 5.92 Å². The maximum Gasteiger partial charge on any atom is 0.0940 e. The predicted molar refractivity (Wildman–Crippen MR) is 85.2 cm³/mol. The summed E-state index contributed by atoms with van der Waals surface area (Å²) < 4.78 is 0. The van der Waals surface area contributed by atoms with Gasteiger partial charge in [-0.3, -0.25) is 0 Å². The molecule has 3 atom stereocenters. The molecule has 1 saturated carbocycles. The van der Waals surface area contributed by atoms with Gasteiger partial charge in [0.05, 0.1) is 5.01 Å². The van der Waals surface area contributed by atoms with Crippen LogP contribution < -0.4 is 5.32 Å². The number of hydrogen-bond donors (Lipinski definition) is 1. The van der Waals surface area contributed by atoms with Crippen LogP contribution in [0.25, 0.3) is 0 Å². The second kappa shape index (κ2) is 6.51. The Kier molecular flexibility index (Phi) is 4.48. The maximum atomic E-state index is 4.45. The Labute approximate surface area is 125 Å². The molecule has 2 nitrogen and oxygen atoms in total. The summed E-state index contributed by atoms with van der Waals surface area (Å²) in [4.78, 5) is 4.45. The van der Waals surface area contributed by atoms with Gasteiger partial charge in [-0.1, -0.05) is 37.3 Å². The van der Waals surface area contributed by atoms with Crippen LogP contribution in [0.2, 0.25) is 0 Å². The summed E-state index contributed by atoms with van der Waals surface area (Å²) >= 11 is 1.78. The molecule has 1 aromatic carbocycles. The Hall–Kier alpha value is -1.19. The van der Waals surface area contributed by atoms with E-state index in [-0.39, 0.29) is 0 Å². The Bertz CT molecular complexity index is 509. The van der Waals surface area contributed by atoms with Gasteiger partial charge in [-0.15, -0.1) is 11.3 Å². The molecule has 1 aliphatic carbocycles. The molecule has 3 heteroatoms. The first-order chi connectivity index (χ1) is 9.88. The topological polar surface area (TPSA) is 24.9 Å². The lowest BCUT2D eigenvalue weighted by Crippen LogP contribution is -2.34. The molecule has 1 fully saturated rings. The third-order valence-corrected chi connectivity index (χ3v) is 4.92. The van der Waals surface area contributed by atoms with Crippen molar-refractivity contribution in [3.05, 3.63) is 52.5 Å². The summed E-state index contributed by atoms with van der Waals surface area (Å²) in [6, 6.07) is 11.5. The molecule has 1 aromatic heterocycles. The molecule has 1 N–H and O–H groups in total. The van der Waals surface area contributed by atoms with E-state index < -0.39 is 0 Å². The number of thiazole rings is 1. The fraction of sp³-hybridized carbons (Fsp3) is 0.471. The summed E-state index contributed by atoms with van der Waals surface area (Å²) in [5.41, 5.74) is 1.50. The lowest BCUT2D eigenvalue weighted by molar-refractivity contribution is 0.452. The van der Waals surface area contributed by atoms with Crippen LogP contribution in [0.1, 0.15) is 36.3 Å². The lowest BCUT2D eigenvalue weighted by atomic mass is 10.0. The van der Waals surface area contributed by atoms with E-state index in [9.17, 15) is 0 Å². The maximum absolute atomic E-state index is 4.45. The number of aromatic nitrogens is 1. The van der Waals surface area contributed by atoms with Crippen molar-refractivity contribution in [1.82, 2.24) is 10.3 Å². The molecule has 0 aliphatic heterocycles. The highest BCUT2D eigenvalue weighted by Gasteiger charge is 2.43. The normalized spacial score (nSPS) is 22.6. The van der Waals surface area contributed by atoms with Crippen molar-refractivity contribution in [1.29, 1.82) is 0 Å². The van der Waals surface area contributed by atoms with E-state index in [0.29, 0.717) is 6.04 Å². The van der Waals surface area contributed by atoms with Crippen LogP contribution in [0.4, 0.5) is 0 Å². The minimum absolute atomic E-state index is 0.575. The molecule has 0 spiro atoms. The number of rotatable bonds is 7. The molecular weight excluding hydrogens is 264 g/mol. The first-order valence-electron chi connectivity index (χ1n) is 7.55. The molecule has 1 aliphatic rings. The van der Waals surface area contributed by atoms with E-state index in [1.807, 2.05) is 6.20 Å². The van der Waals surface area contributed by atoms with Crippen molar-refractivity contribution < 1.29 is 0 Å². The van der Waals surface area contributed by atoms with Crippen molar-refractivity contribution in [2.75, 3.05) is 6.54 Å². The molecule has 3 rings (SSSR count). The van der Waals surface area contributed by atoms with E-state index in [1.54, 1.807) is 11.3 Å². The molecule has 0 saturated heterocycles. The highest BCUT2D eigenvalue weighted by Crippen LogP contribution is 2.50. The van der Waals surface area contributed by atoms with E-state index in [0.717, 1.165) is 24.8 Å². The quantitative estimate of drug-likeness (QED) is 0.836. The van der Waals surface area contributed by atoms with Crippen molar-refractivity contribution >= 4 is 11.3 Å². The van der Waals surface area contributed by atoms with Crippen LogP contribution in [0.15, 0.2) is 41.9 Å². The molecule has 0 radical (unpaired) electrons. The number of nitrogens with one attached hydrogen (secondary N) is 1. The van der Waals surface area contributed by atoms with Crippen LogP contribution in [-0.2, 0) is 6.42 Å². The van der Waals surface area contributed by atoms with Gasteiger partial charge in [-0.05, 0) is 36.8 Å². The van der Waals surface area contributed by atoms with Crippen LogP contribution in [0, 0.1) is 5.92 Å². The van der Waals surface area contributed by atoms with Gasteiger partial charge < -0.3 is 5.32 Å². The van der Waals surface area contributed by atoms with E-state index in [4.69, 9.17) is 0 Å². The zero-order chi connectivity index (χ0) is 13.8. The molecule has 20 heavy (non-hydrogen) atoms. The number of hydrogen-bond acceptors (Lipinski definition) is 3. The summed E-state index contributed by atoms with van der Waals surface area (Å²) in [7, 11) is 0. The second-order valence-electron chi connectivity index (χ2n) is 5.61. The fourth-order valence-electron chi connectivity index (χ4n) is 2.99. The van der Waals surface area contributed by atoms with Crippen LogP contribution in [0.5, 0.6) is 0 Å². The Balaban J connectivity index is 1.65. The molecule has 0 amide bonds. The molecule has 1 heterocycles. The fourth-order valence-corrected chi connectivity index (χ4v) is 3.67. The van der Waals surface area contributed by atoms with E-state index in [2.05, 4.69) is 52.9 Å². The summed E-state index contributed by atoms with van der Waals surface area (Å²) in [5.74, 6) is 1.51. The minimum Gasteiger partial charge on any atom is -0.313 e. The largest absolute Gasteiger partial charge is 0.313 e. The van der Waals surface area contributed by atoms with Crippen LogP contribution in [-0.4, -0.2) is 17.6 Å². The van der Waals surface area contributed by atoms with Crippen molar-refractivity contribution in [3.63, 3.8) is 0 Å². The van der Waals surface area contributed by atoms with Crippen molar-refractivity contribution in [3.8, 4) is 0 Å². The number of nitrogens with zero attached hydrogens (tertiary/aromatic N) is 1. The summed E-state index contributed by atoms with van der Waals surface area (Å²) in [5, 5.41) is 7.07. The van der Waals surface area contributed by atoms with E-state index >= 15 is 0 Å². The first kappa shape index (κ1) is 13.8. The van der Waals surface area contributed by atoms with Gasteiger partial charge in [0.2, 0.25) is 0 Å². The van der Waals surface area contributed by atoms with E-state index in [1.165, 1.54) is 23.4 Å². The minimum atomic E-state index is 0.575. The highest BCUT2D eigenvalue weighted by molar-refractivity contribution is 7.09. The van der Waals surface area contributed by atoms with Gasteiger partial charge in [0.25, 0.3) is 0 Å². The van der Waals surface area contributed by atoms with Crippen LogP contribution >= 0.6 is 11.3 Å². The average molecular weight is 286 g/mol. The van der Waals surface area contributed by atoms with Crippen molar-refractivity contribution in [2.45, 2.75) is 38.1 Å².